The van der Waals surface area contributed by atoms with Crippen molar-refractivity contribution in [2.24, 2.45) is 7.05 Å². The second-order valence-electron chi connectivity index (χ2n) is 7.61. The van der Waals surface area contributed by atoms with Crippen LogP contribution in [0.3, 0.4) is 0 Å². The molecular weight excluding hydrogens is 440 g/mol. The molecule has 3 N–H and O–H groups in total. The zero-order chi connectivity index (χ0) is 22.9. The summed E-state index contributed by atoms with van der Waals surface area (Å²) in [4.78, 5) is 24.7. The summed E-state index contributed by atoms with van der Waals surface area (Å²) in [6, 6.07) is 16.6. The molecule has 0 radical (unpaired) electrons. The molecule has 33 heavy (non-hydrogen) atoms. The number of amides is 1. The van der Waals surface area contributed by atoms with E-state index in [1.807, 2.05) is 42.9 Å². The molecular formula is C24H21ClN6O2. The van der Waals surface area contributed by atoms with Crippen LogP contribution in [0.15, 0.2) is 60.9 Å². The lowest BCUT2D eigenvalue weighted by molar-refractivity contribution is 0.200. The number of aryl methyl sites for hydroxylation is 1. The number of halogens is 1. The molecule has 1 amide bonds. The van der Waals surface area contributed by atoms with Crippen LogP contribution in [0.25, 0.3) is 33.3 Å². The first-order valence-corrected chi connectivity index (χ1v) is 10.7. The third-order valence-electron chi connectivity index (χ3n) is 5.37. The Kier molecular flexibility index (Phi) is 5.35. The van der Waals surface area contributed by atoms with Gasteiger partial charge in [0.15, 0.2) is 5.82 Å². The highest BCUT2D eigenvalue weighted by Crippen LogP contribution is 2.31. The summed E-state index contributed by atoms with van der Waals surface area (Å²) in [5.74, 6) is 1.15. The number of fused-ring (bicyclic) bond motifs is 3. The molecule has 0 bridgehead atoms. The number of pyridine rings is 1. The minimum Gasteiger partial charge on any atom is -0.410 e. The van der Waals surface area contributed by atoms with Crippen molar-refractivity contribution in [3.05, 3.63) is 71.5 Å². The van der Waals surface area contributed by atoms with Crippen molar-refractivity contribution in [3.8, 4) is 17.0 Å². The van der Waals surface area contributed by atoms with Gasteiger partial charge in [-0.25, -0.2) is 14.8 Å². The third kappa shape index (κ3) is 4.08. The molecule has 5 aromatic rings. The van der Waals surface area contributed by atoms with Gasteiger partial charge in [-0.15, -0.1) is 0 Å². The maximum atomic E-state index is 12.1. The Hall–Kier alpha value is -4.04. The fourth-order valence-corrected chi connectivity index (χ4v) is 3.92. The predicted molar refractivity (Wildman–Crippen MR) is 130 cm³/mol. The highest BCUT2D eigenvalue weighted by atomic mass is 35.5. The number of benzene rings is 2. The fourth-order valence-electron chi connectivity index (χ4n) is 3.80. The molecule has 0 spiro atoms. The number of imidazole rings is 1. The van der Waals surface area contributed by atoms with Crippen LogP contribution in [-0.2, 0) is 13.6 Å². The lowest BCUT2D eigenvalue weighted by atomic mass is 10.1. The highest BCUT2D eigenvalue weighted by molar-refractivity contribution is 6.30. The highest BCUT2D eigenvalue weighted by Gasteiger charge is 2.15. The SMILES string of the molecule is CNc1nc2[nH]c(-c3cccc(CNC(=O)Oc4ccc(Cl)cc4)c3)cc2c2c1ncn2C. The number of carbonyl (C=O) groups is 1. The largest absolute Gasteiger partial charge is 0.412 e. The predicted octanol–water partition coefficient (Wildman–Crippen LogP) is 5.10. The molecule has 0 aliphatic rings. The van der Waals surface area contributed by atoms with Gasteiger partial charge < -0.3 is 24.9 Å². The molecule has 0 fully saturated rings. The molecule has 0 saturated carbocycles. The smallest absolute Gasteiger partial charge is 0.410 e. The molecule has 5 rings (SSSR count). The number of ether oxygens (including phenoxy) is 1. The fraction of sp³-hybridized carbons (Fsp3) is 0.125. The molecule has 2 aromatic carbocycles. The van der Waals surface area contributed by atoms with Crippen molar-refractivity contribution in [1.82, 2.24) is 24.8 Å². The normalized spacial score (nSPS) is 11.1. The topological polar surface area (TPSA) is 96.9 Å². The lowest BCUT2D eigenvalue weighted by Gasteiger charge is -2.08. The van der Waals surface area contributed by atoms with Gasteiger partial charge in [-0.05, 0) is 47.5 Å². The van der Waals surface area contributed by atoms with E-state index >= 15 is 0 Å². The van der Waals surface area contributed by atoms with Gasteiger partial charge in [-0.1, -0.05) is 29.8 Å². The van der Waals surface area contributed by atoms with Crippen LogP contribution in [0.4, 0.5) is 10.6 Å². The van der Waals surface area contributed by atoms with Crippen LogP contribution < -0.4 is 15.4 Å². The molecule has 0 atom stereocenters. The van der Waals surface area contributed by atoms with E-state index in [9.17, 15) is 4.79 Å². The second-order valence-corrected chi connectivity index (χ2v) is 8.04. The molecule has 0 aliphatic carbocycles. The van der Waals surface area contributed by atoms with Gasteiger partial charge in [-0.3, -0.25) is 0 Å². The average Bonchev–Trinajstić information content (AvgIpc) is 3.42. The van der Waals surface area contributed by atoms with Crippen molar-refractivity contribution >= 4 is 45.6 Å². The molecule has 166 valence electrons. The zero-order valence-electron chi connectivity index (χ0n) is 18.0. The minimum absolute atomic E-state index is 0.328. The first-order chi connectivity index (χ1) is 16.0. The first-order valence-electron chi connectivity index (χ1n) is 10.3. The van der Waals surface area contributed by atoms with Gasteiger partial charge in [0.05, 0.1) is 11.8 Å². The van der Waals surface area contributed by atoms with E-state index in [1.165, 1.54) is 0 Å². The molecule has 3 heterocycles. The number of hydrogen-bond donors (Lipinski definition) is 3. The molecule has 8 nitrogen and oxygen atoms in total. The van der Waals surface area contributed by atoms with Gasteiger partial charge in [0, 0.05) is 36.7 Å². The first kappa shape index (κ1) is 20.8. The second kappa shape index (κ2) is 8.48. The number of hydrogen-bond acceptors (Lipinski definition) is 5. The number of anilines is 1. The van der Waals surface area contributed by atoms with E-state index in [2.05, 4.69) is 31.7 Å². The number of H-pyrrole nitrogens is 1. The molecule has 0 unspecified atom stereocenters. The maximum absolute atomic E-state index is 12.1. The molecule has 0 saturated heterocycles. The molecule has 9 heteroatoms. The number of carbonyl (C=O) groups excluding carboxylic acids is 1. The van der Waals surface area contributed by atoms with Crippen LogP contribution in [0.2, 0.25) is 5.02 Å². The van der Waals surface area contributed by atoms with E-state index in [1.54, 1.807) is 30.6 Å². The molecule has 3 aromatic heterocycles. The average molecular weight is 461 g/mol. The summed E-state index contributed by atoms with van der Waals surface area (Å²) in [6.45, 7) is 0.328. The van der Waals surface area contributed by atoms with Gasteiger partial charge in [0.2, 0.25) is 0 Å². The Labute approximate surface area is 194 Å². The minimum atomic E-state index is -0.532. The summed E-state index contributed by atoms with van der Waals surface area (Å²) >= 11 is 5.86. The van der Waals surface area contributed by atoms with Crippen molar-refractivity contribution in [3.63, 3.8) is 0 Å². The van der Waals surface area contributed by atoms with Crippen molar-refractivity contribution in [2.45, 2.75) is 6.54 Å². The number of aromatic nitrogens is 4. The Morgan fingerprint density at radius 1 is 1.18 bits per heavy atom. The van der Waals surface area contributed by atoms with Crippen LogP contribution in [-0.4, -0.2) is 32.7 Å². The van der Waals surface area contributed by atoms with Crippen LogP contribution in [0, 0.1) is 0 Å². The van der Waals surface area contributed by atoms with E-state index in [-0.39, 0.29) is 0 Å². The number of nitrogens with zero attached hydrogens (tertiary/aromatic N) is 3. The molecule has 0 aliphatic heterocycles. The summed E-state index contributed by atoms with van der Waals surface area (Å²) < 4.78 is 7.27. The Morgan fingerprint density at radius 2 is 2.00 bits per heavy atom. The quantitative estimate of drug-likeness (QED) is 0.339. The summed E-state index contributed by atoms with van der Waals surface area (Å²) in [6.07, 6.45) is 1.25. The van der Waals surface area contributed by atoms with Crippen LogP contribution in [0.5, 0.6) is 5.75 Å². The van der Waals surface area contributed by atoms with Gasteiger partial charge >= 0.3 is 6.09 Å². The number of rotatable bonds is 5. The number of aromatic amines is 1. The monoisotopic (exact) mass is 460 g/mol. The maximum Gasteiger partial charge on any atom is 0.412 e. The zero-order valence-corrected chi connectivity index (χ0v) is 18.8. The number of nitrogens with one attached hydrogen (secondary N) is 3. The van der Waals surface area contributed by atoms with Crippen LogP contribution in [0.1, 0.15) is 5.56 Å². The van der Waals surface area contributed by atoms with Gasteiger partial charge in [-0.2, -0.15) is 0 Å². The summed E-state index contributed by atoms with van der Waals surface area (Å²) in [5, 5.41) is 7.47. The van der Waals surface area contributed by atoms with Crippen molar-refractivity contribution in [2.75, 3.05) is 12.4 Å². The lowest BCUT2D eigenvalue weighted by Crippen LogP contribution is -2.26. The summed E-state index contributed by atoms with van der Waals surface area (Å²) in [5.41, 5.74) is 5.47. The van der Waals surface area contributed by atoms with Crippen molar-refractivity contribution < 1.29 is 9.53 Å². The van der Waals surface area contributed by atoms with Crippen LogP contribution >= 0.6 is 11.6 Å². The van der Waals surface area contributed by atoms with Gasteiger partial charge in [0.25, 0.3) is 0 Å². The summed E-state index contributed by atoms with van der Waals surface area (Å²) in [7, 11) is 3.80. The third-order valence-corrected chi connectivity index (χ3v) is 5.62. The van der Waals surface area contributed by atoms with Crippen molar-refractivity contribution in [1.29, 1.82) is 0 Å². The van der Waals surface area contributed by atoms with E-state index in [0.29, 0.717) is 17.3 Å². The van der Waals surface area contributed by atoms with E-state index < -0.39 is 6.09 Å². The Morgan fingerprint density at radius 3 is 2.79 bits per heavy atom. The van der Waals surface area contributed by atoms with E-state index in [4.69, 9.17) is 16.3 Å². The Bertz CT molecular complexity index is 1470. The van der Waals surface area contributed by atoms with E-state index in [0.717, 1.165) is 44.7 Å². The standard InChI is InChI=1S/C24H21ClN6O2/c1-26-23-20-21(31(2)13-28-20)18-11-19(29-22(18)30-23)15-5-3-4-14(10-15)12-27-24(32)33-17-8-6-16(25)7-9-17/h3-11,13H,12H2,1-2H3,(H,27,32)(H2,26,29,30). The Balaban J connectivity index is 1.37. The van der Waals surface area contributed by atoms with Gasteiger partial charge in [0.1, 0.15) is 16.9 Å².